The summed E-state index contributed by atoms with van der Waals surface area (Å²) in [6.45, 7) is 7.22. The molecule has 0 saturated carbocycles. The zero-order valence-electron chi connectivity index (χ0n) is 21.6. The SMILES string of the molecule is CCOC(=O)C1=C(C)N=c2sc(=Cc3ccc(OC(C)=O)c(OCC)c3)c(=O)n2[C@H]1/C=C/c1ccccc1. The van der Waals surface area contributed by atoms with Gasteiger partial charge in [-0.1, -0.05) is 59.9 Å². The quantitative estimate of drug-likeness (QED) is 0.324. The number of allylic oxidation sites excluding steroid dienone is 2. The van der Waals surface area contributed by atoms with Gasteiger partial charge in [-0.3, -0.25) is 14.2 Å². The van der Waals surface area contributed by atoms with E-state index in [1.807, 2.05) is 49.4 Å². The summed E-state index contributed by atoms with van der Waals surface area (Å²) in [5.41, 5.74) is 2.16. The van der Waals surface area contributed by atoms with Crippen LogP contribution < -0.4 is 24.4 Å². The fourth-order valence-electron chi connectivity index (χ4n) is 4.06. The molecule has 196 valence electrons. The highest BCUT2D eigenvalue weighted by Crippen LogP contribution is 2.29. The first-order chi connectivity index (χ1) is 18.3. The minimum Gasteiger partial charge on any atom is -0.490 e. The van der Waals surface area contributed by atoms with E-state index in [1.165, 1.54) is 22.8 Å². The lowest BCUT2D eigenvalue weighted by molar-refractivity contribution is -0.139. The van der Waals surface area contributed by atoms with Gasteiger partial charge in [0.05, 0.1) is 35.1 Å². The Labute approximate surface area is 223 Å². The minimum atomic E-state index is -0.682. The third-order valence-electron chi connectivity index (χ3n) is 5.65. The number of esters is 2. The van der Waals surface area contributed by atoms with Crippen LogP contribution in [0, 0.1) is 0 Å². The van der Waals surface area contributed by atoms with Gasteiger partial charge in [-0.2, -0.15) is 0 Å². The van der Waals surface area contributed by atoms with Crippen molar-refractivity contribution >= 4 is 35.4 Å². The van der Waals surface area contributed by atoms with E-state index in [0.717, 1.165) is 5.56 Å². The number of fused-ring (bicyclic) bond motifs is 1. The number of nitrogens with zero attached hydrogens (tertiary/aromatic N) is 2. The van der Waals surface area contributed by atoms with E-state index >= 15 is 0 Å². The second-order valence-electron chi connectivity index (χ2n) is 8.35. The molecule has 2 aromatic carbocycles. The van der Waals surface area contributed by atoms with Gasteiger partial charge in [0.25, 0.3) is 5.56 Å². The number of thiazole rings is 1. The van der Waals surface area contributed by atoms with Crippen molar-refractivity contribution in [3.8, 4) is 11.5 Å². The first kappa shape index (κ1) is 26.8. The summed E-state index contributed by atoms with van der Waals surface area (Å²) < 4.78 is 18.1. The maximum absolute atomic E-state index is 13.7. The van der Waals surface area contributed by atoms with Gasteiger partial charge in [0.15, 0.2) is 16.3 Å². The number of benzene rings is 2. The van der Waals surface area contributed by atoms with E-state index in [0.29, 0.717) is 44.3 Å². The van der Waals surface area contributed by atoms with Gasteiger partial charge < -0.3 is 14.2 Å². The summed E-state index contributed by atoms with van der Waals surface area (Å²) in [5, 5.41) is 0. The molecule has 8 nitrogen and oxygen atoms in total. The summed E-state index contributed by atoms with van der Waals surface area (Å²) in [5.74, 6) is -0.261. The molecule has 1 aliphatic rings. The summed E-state index contributed by atoms with van der Waals surface area (Å²) >= 11 is 1.23. The van der Waals surface area contributed by atoms with Gasteiger partial charge in [0.2, 0.25) is 0 Å². The molecule has 0 fully saturated rings. The number of hydrogen-bond acceptors (Lipinski definition) is 8. The summed E-state index contributed by atoms with van der Waals surface area (Å²) in [6, 6.07) is 14.0. The second kappa shape index (κ2) is 11.9. The van der Waals surface area contributed by atoms with Gasteiger partial charge in [0.1, 0.15) is 0 Å². The third-order valence-corrected chi connectivity index (χ3v) is 6.63. The molecule has 0 N–H and O–H groups in total. The van der Waals surface area contributed by atoms with Crippen molar-refractivity contribution in [2.45, 2.75) is 33.7 Å². The van der Waals surface area contributed by atoms with Crippen LogP contribution in [0.5, 0.6) is 11.5 Å². The molecule has 2 heterocycles. The summed E-state index contributed by atoms with van der Waals surface area (Å²) in [7, 11) is 0. The lowest BCUT2D eigenvalue weighted by Crippen LogP contribution is -2.38. The number of carbonyl (C=O) groups excluding carboxylic acids is 2. The molecule has 0 amide bonds. The van der Waals surface area contributed by atoms with Gasteiger partial charge in [0, 0.05) is 6.92 Å². The Hall–Kier alpha value is -4.24. The molecule has 1 aromatic heterocycles. The second-order valence-corrected chi connectivity index (χ2v) is 9.36. The monoisotopic (exact) mass is 532 g/mol. The fraction of sp³-hybridized carbons (Fsp3) is 0.241. The molecule has 0 aliphatic carbocycles. The molecule has 0 radical (unpaired) electrons. The Bertz CT molecular complexity index is 1600. The molecular weight excluding hydrogens is 504 g/mol. The van der Waals surface area contributed by atoms with Crippen LogP contribution in [-0.4, -0.2) is 29.7 Å². The number of aromatic nitrogens is 1. The van der Waals surface area contributed by atoms with E-state index in [9.17, 15) is 14.4 Å². The summed E-state index contributed by atoms with van der Waals surface area (Å²) in [4.78, 5) is 43.1. The largest absolute Gasteiger partial charge is 0.490 e. The van der Waals surface area contributed by atoms with Crippen LogP contribution in [0.15, 0.2) is 75.7 Å². The average Bonchev–Trinajstić information content (AvgIpc) is 3.18. The number of carbonyl (C=O) groups is 2. The fourth-order valence-corrected chi connectivity index (χ4v) is 5.11. The van der Waals surface area contributed by atoms with E-state index in [2.05, 4.69) is 4.99 Å². The molecule has 0 bridgehead atoms. The van der Waals surface area contributed by atoms with Crippen molar-refractivity contribution in [1.29, 1.82) is 0 Å². The average molecular weight is 533 g/mol. The Balaban J connectivity index is 1.83. The Morgan fingerprint density at radius 1 is 1.05 bits per heavy atom. The maximum Gasteiger partial charge on any atom is 0.338 e. The standard InChI is InChI=1S/C29H28N2O6S/c1-5-35-24-16-21(13-15-23(24)37-19(4)32)17-25-27(33)31-22(14-12-20-10-8-7-9-11-20)26(28(34)36-6-2)18(3)30-29(31)38-25/h7-17,22H,5-6H2,1-4H3/b14-12+,25-17?/t22-/m0/s1. The lowest BCUT2D eigenvalue weighted by atomic mass is 10.0. The number of hydrogen-bond donors (Lipinski definition) is 0. The molecule has 4 rings (SSSR count). The molecule has 1 aliphatic heterocycles. The van der Waals surface area contributed by atoms with Crippen LogP contribution in [0.4, 0.5) is 0 Å². The molecule has 0 unspecified atom stereocenters. The minimum absolute atomic E-state index is 0.209. The molecule has 0 saturated heterocycles. The van der Waals surface area contributed by atoms with Gasteiger partial charge >= 0.3 is 11.9 Å². The van der Waals surface area contributed by atoms with Crippen molar-refractivity contribution < 1.29 is 23.8 Å². The molecule has 0 spiro atoms. The number of rotatable bonds is 8. The Morgan fingerprint density at radius 3 is 2.50 bits per heavy atom. The predicted molar refractivity (Wildman–Crippen MR) is 146 cm³/mol. The van der Waals surface area contributed by atoms with Crippen LogP contribution >= 0.6 is 11.3 Å². The topological polar surface area (TPSA) is 96.2 Å². The van der Waals surface area contributed by atoms with Crippen molar-refractivity contribution in [3.05, 3.63) is 96.7 Å². The van der Waals surface area contributed by atoms with Crippen LogP contribution in [0.25, 0.3) is 12.2 Å². The Kier molecular flexibility index (Phi) is 8.38. The highest BCUT2D eigenvalue weighted by atomic mass is 32.1. The lowest BCUT2D eigenvalue weighted by Gasteiger charge is -2.21. The first-order valence-electron chi connectivity index (χ1n) is 12.2. The van der Waals surface area contributed by atoms with E-state index in [4.69, 9.17) is 14.2 Å². The zero-order chi connectivity index (χ0) is 27.2. The van der Waals surface area contributed by atoms with Gasteiger partial charge in [-0.05, 0) is 50.1 Å². The zero-order valence-corrected chi connectivity index (χ0v) is 22.4. The maximum atomic E-state index is 13.7. The molecular formula is C29H28N2O6S. The predicted octanol–water partition coefficient (Wildman–Crippen LogP) is 3.79. The number of ether oxygens (including phenoxy) is 3. The molecule has 38 heavy (non-hydrogen) atoms. The molecule has 1 atom stereocenters. The van der Waals surface area contributed by atoms with Crippen molar-refractivity contribution in [2.75, 3.05) is 13.2 Å². The van der Waals surface area contributed by atoms with Gasteiger partial charge in [-0.25, -0.2) is 9.79 Å². The van der Waals surface area contributed by atoms with Crippen LogP contribution in [0.1, 0.15) is 44.9 Å². The molecule has 9 heteroatoms. The third kappa shape index (κ3) is 5.84. The van der Waals surface area contributed by atoms with Gasteiger partial charge in [-0.15, -0.1) is 0 Å². The Morgan fingerprint density at radius 2 is 1.82 bits per heavy atom. The smallest absolute Gasteiger partial charge is 0.338 e. The highest BCUT2D eigenvalue weighted by Gasteiger charge is 2.30. The van der Waals surface area contributed by atoms with E-state index in [1.54, 1.807) is 38.1 Å². The van der Waals surface area contributed by atoms with E-state index < -0.39 is 18.0 Å². The van der Waals surface area contributed by atoms with Crippen molar-refractivity contribution in [3.63, 3.8) is 0 Å². The van der Waals surface area contributed by atoms with E-state index in [-0.39, 0.29) is 12.2 Å². The van der Waals surface area contributed by atoms with Crippen molar-refractivity contribution in [1.82, 2.24) is 4.57 Å². The van der Waals surface area contributed by atoms with Crippen molar-refractivity contribution in [2.24, 2.45) is 4.99 Å². The van der Waals surface area contributed by atoms with Crippen LogP contribution in [-0.2, 0) is 14.3 Å². The molecule has 3 aromatic rings. The van der Waals surface area contributed by atoms with Crippen LogP contribution in [0.2, 0.25) is 0 Å². The highest BCUT2D eigenvalue weighted by molar-refractivity contribution is 7.07. The normalized spacial score (nSPS) is 15.3. The summed E-state index contributed by atoms with van der Waals surface area (Å²) in [6.07, 6.45) is 5.43. The first-order valence-corrected chi connectivity index (χ1v) is 13.0. The van der Waals surface area contributed by atoms with Crippen LogP contribution in [0.3, 0.4) is 0 Å².